The third-order valence-electron chi connectivity index (χ3n) is 8.95. The quantitative estimate of drug-likeness (QED) is 0.384. The number of rotatable bonds is 9. The first-order chi connectivity index (χ1) is 20.9. The molecule has 3 aliphatic heterocycles. The molecule has 4 heterocycles. The SMILES string of the molecule is CCc1cccc(-c2cnc(C(=O)N3CCN(CC45CCC(NCC(=O)O)(CC4)CO5)CC3)c(NC(=O)OC(C)(C)C)c2)c1. The minimum absolute atomic E-state index is 0.0506. The zero-order valence-electron chi connectivity index (χ0n) is 26.3. The molecule has 11 nitrogen and oxygen atoms in total. The van der Waals surface area contributed by atoms with Crippen LogP contribution in [0.15, 0.2) is 36.5 Å². The lowest BCUT2D eigenvalue weighted by molar-refractivity contribution is -0.173. The average Bonchev–Trinajstić information content (AvgIpc) is 3.00. The van der Waals surface area contributed by atoms with Gasteiger partial charge in [-0.25, -0.2) is 9.78 Å². The summed E-state index contributed by atoms with van der Waals surface area (Å²) in [4.78, 5) is 46.3. The molecule has 1 aliphatic carbocycles. The van der Waals surface area contributed by atoms with Gasteiger partial charge in [0, 0.05) is 50.0 Å². The number of aryl methyl sites for hydroxylation is 1. The molecule has 3 N–H and O–H groups in total. The topological polar surface area (TPSA) is 133 Å². The van der Waals surface area contributed by atoms with E-state index in [0.29, 0.717) is 38.5 Å². The minimum Gasteiger partial charge on any atom is -0.480 e. The van der Waals surface area contributed by atoms with Crippen molar-refractivity contribution in [2.45, 2.75) is 76.5 Å². The van der Waals surface area contributed by atoms with E-state index in [9.17, 15) is 14.4 Å². The van der Waals surface area contributed by atoms with Crippen LogP contribution in [0, 0.1) is 0 Å². The van der Waals surface area contributed by atoms with Gasteiger partial charge in [-0.05, 0) is 70.1 Å². The highest BCUT2D eigenvalue weighted by Crippen LogP contribution is 2.44. The summed E-state index contributed by atoms with van der Waals surface area (Å²) < 4.78 is 11.8. The molecule has 1 aromatic heterocycles. The van der Waals surface area contributed by atoms with Crippen LogP contribution in [0.4, 0.5) is 10.5 Å². The second kappa shape index (κ2) is 12.8. The van der Waals surface area contributed by atoms with Crippen LogP contribution in [0.3, 0.4) is 0 Å². The third kappa shape index (κ3) is 7.57. The Balaban J connectivity index is 1.25. The molecular formula is C33H45N5O6. The van der Waals surface area contributed by atoms with Gasteiger partial charge in [0.05, 0.1) is 24.4 Å². The number of anilines is 1. The van der Waals surface area contributed by atoms with Gasteiger partial charge in [-0.2, -0.15) is 0 Å². The van der Waals surface area contributed by atoms with E-state index >= 15 is 0 Å². The maximum absolute atomic E-state index is 13.8. The van der Waals surface area contributed by atoms with Gasteiger partial charge in [0.1, 0.15) is 5.60 Å². The summed E-state index contributed by atoms with van der Waals surface area (Å²) >= 11 is 0. The maximum Gasteiger partial charge on any atom is 0.412 e. The second-order valence-corrected chi connectivity index (χ2v) is 13.4. The Morgan fingerprint density at radius 3 is 2.39 bits per heavy atom. The third-order valence-corrected chi connectivity index (χ3v) is 8.95. The number of aromatic nitrogens is 1. The lowest BCUT2D eigenvalue weighted by atomic mass is 9.71. The Morgan fingerprint density at radius 2 is 1.77 bits per heavy atom. The number of nitrogens with zero attached hydrogens (tertiary/aromatic N) is 3. The summed E-state index contributed by atoms with van der Waals surface area (Å²) in [5, 5.41) is 15.1. The van der Waals surface area contributed by atoms with Crippen LogP contribution in [0.1, 0.15) is 69.4 Å². The molecule has 0 atom stereocenters. The molecule has 44 heavy (non-hydrogen) atoms. The Kier molecular flexibility index (Phi) is 9.29. The number of hydrogen-bond acceptors (Lipinski definition) is 8. The lowest BCUT2D eigenvalue weighted by Gasteiger charge is -2.55. The van der Waals surface area contributed by atoms with Gasteiger partial charge >= 0.3 is 12.1 Å². The zero-order chi connectivity index (χ0) is 31.5. The van der Waals surface area contributed by atoms with Gasteiger partial charge in [0.15, 0.2) is 5.69 Å². The Morgan fingerprint density at radius 1 is 1.05 bits per heavy atom. The number of carbonyl (C=O) groups excluding carboxylic acids is 2. The molecule has 11 heteroatoms. The van der Waals surface area contributed by atoms with Crippen molar-refractivity contribution in [3.05, 3.63) is 47.8 Å². The molecule has 6 rings (SSSR count). The second-order valence-electron chi connectivity index (χ2n) is 13.4. The first-order valence-corrected chi connectivity index (χ1v) is 15.6. The Bertz CT molecular complexity index is 1360. The van der Waals surface area contributed by atoms with Crippen molar-refractivity contribution >= 4 is 23.7 Å². The fraction of sp³-hybridized carbons (Fsp3) is 0.576. The highest BCUT2D eigenvalue weighted by atomic mass is 16.6. The van der Waals surface area contributed by atoms with Gasteiger partial charge in [0.2, 0.25) is 0 Å². The first-order valence-electron chi connectivity index (χ1n) is 15.6. The molecule has 2 aromatic rings. The smallest absolute Gasteiger partial charge is 0.412 e. The standard InChI is InChI=1S/C33H45N5O6/c1-5-23-7-6-8-24(17-23)25-18-26(36-30(42)44-31(2,3)4)28(34-19-25)29(41)38-15-13-37(14-16-38)21-33-11-9-32(10-12-33,22-43-33)35-20-27(39)40/h6-8,17-19,35H,5,9-16,20-22H2,1-4H3,(H,36,42)(H,39,40). The van der Waals surface area contributed by atoms with Crippen molar-refractivity contribution in [2.24, 2.45) is 0 Å². The highest BCUT2D eigenvalue weighted by molar-refractivity contribution is 6.01. The molecule has 0 spiro atoms. The van der Waals surface area contributed by atoms with Crippen molar-refractivity contribution in [1.29, 1.82) is 0 Å². The minimum atomic E-state index is -0.852. The number of carboxylic acid groups (broad SMARTS) is 1. The van der Waals surface area contributed by atoms with Crippen molar-refractivity contribution < 1.29 is 29.0 Å². The maximum atomic E-state index is 13.8. The summed E-state index contributed by atoms with van der Waals surface area (Å²) in [6.07, 6.45) is 5.51. The number of fused-ring (bicyclic) bond motifs is 3. The van der Waals surface area contributed by atoms with Crippen LogP contribution < -0.4 is 10.6 Å². The molecule has 1 aromatic carbocycles. The molecule has 0 radical (unpaired) electrons. The largest absolute Gasteiger partial charge is 0.480 e. The van der Waals surface area contributed by atoms with E-state index in [0.717, 1.165) is 49.8 Å². The van der Waals surface area contributed by atoms with Gasteiger partial charge in [-0.15, -0.1) is 0 Å². The number of hydrogen-bond donors (Lipinski definition) is 3. The summed E-state index contributed by atoms with van der Waals surface area (Å²) in [7, 11) is 0. The number of carbonyl (C=O) groups is 3. The van der Waals surface area contributed by atoms with Gasteiger partial charge in [-0.1, -0.05) is 31.2 Å². The Labute approximate surface area is 259 Å². The van der Waals surface area contributed by atoms with Crippen LogP contribution in [0.5, 0.6) is 0 Å². The van der Waals surface area contributed by atoms with E-state index in [1.165, 1.54) is 5.56 Å². The first kappa shape index (κ1) is 31.9. The molecule has 2 amide bonds. The zero-order valence-corrected chi connectivity index (χ0v) is 26.3. The van der Waals surface area contributed by atoms with Crippen molar-refractivity contribution in [2.75, 3.05) is 51.2 Å². The lowest BCUT2D eigenvalue weighted by Crippen LogP contribution is -2.65. The van der Waals surface area contributed by atoms with E-state index in [2.05, 4.69) is 39.6 Å². The van der Waals surface area contributed by atoms with E-state index in [4.69, 9.17) is 14.6 Å². The summed E-state index contributed by atoms with van der Waals surface area (Å²) in [6, 6.07) is 9.93. The van der Waals surface area contributed by atoms with Crippen LogP contribution in [-0.4, -0.2) is 100 Å². The van der Waals surface area contributed by atoms with E-state index < -0.39 is 17.7 Å². The summed E-state index contributed by atoms with van der Waals surface area (Å²) in [5.74, 6) is -1.08. The van der Waals surface area contributed by atoms with E-state index in [1.807, 2.05) is 12.1 Å². The molecule has 4 aliphatic rings. The molecule has 0 unspecified atom stereocenters. The molecule has 238 valence electrons. The number of benzene rings is 1. The number of piperazine rings is 1. The van der Waals surface area contributed by atoms with Crippen molar-refractivity contribution in [3.8, 4) is 11.1 Å². The number of ether oxygens (including phenoxy) is 2. The number of aliphatic carboxylic acids is 1. The molecule has 2 bridgehead atoms. The predicted octanol–water partition coefficient (Wildman–Crippen LogP) is 4.17. The average molecular weight is 608 g/mol. The number of amides is 2. The van der Waals surface area contributed by atoms with Gasteiger partial charge < -0.3 is 19.5 Å². The van der Waals surface area contributed by atoms with Gasteiger partial charge in [-0.3, -0.25) is 25.1 Å². The number of nitrogens with one attached hydrogen (secondary N) is 2. The van der Waals surface area contributed by atoms with Crippen molar-refractivity contribution in [1.82, 2.24) is 20.1 Å². The fourth-order valence-electron chi connectivity index (χ4n) is 6.40. The normalized spacial score (nSPS) is 23.8. The monoisotopic (exact) mass is 607 g/mol. The highest BCUT2D eigenvalue weighted by Gasteiger charge is 2.50. The fourth-order valence-corrected chi connectivity index (χ4v) is 6.40. The summed E-state index contributed by atoms with van der Waals surface area (Å²) in [6.45, 7) is 11.2. The van der Waals surface area contributed by atoms with Crippen molar-refractivity contribution in [3.63, 3.8) is 0 Å². The van der Waals surface area contributed by atoms with E-state index in [1.54, 1.807) is 37.9 Å². The number of pyridine rings is 1. The van der Waals surface area contributed by atoms with Gasteiger partial charge in [0.25, 0.3) is 5.91 Å². The Hall–Kier alpha value is -3.54. The molecule has 3 saturated heterocycles. The van der Waals surface area contributed by atoms with Crippen LogP contribution in [-0.2, 0) is 20.7 Å². The van der Waals surface area contributed by atoms with E-state index in [-0.39, 0.29) is 29.3 Å². The molecular weight excluding hydrogens is 562 g/mol. The molecule has 1 saturated carbocycles. The summed E-state index contributed by atoms with van der Waals surface area (Å²) in [5.41, 5.74) is 2.29. The van der Waals surface area contributed by atoms with Crippen LogP contribution in [0.2, 0.25) is 0 Å². The van der Waals surface area contributed by atoms with Crippen LogP contribution >= 0.6 is 0 Å². The van der Waals surface area contributed by atoms with Crippen LogP contribution in [0.25, 0.3) is 11.1 Å². The number of carboxylic acids is 1. The predicted molar refractivity (Wildman–Crippen MR) is 167 cm³/mol. The molecule has 4 fully saturated rings.